The quantitative estimate of drug-likeness (QED) is 0.767. The van der Waals surface area contributed by atoms with Crippen LogP contribution in [0.15, 0.2) is 10.7 Å². The van der Waals surface area contributed by atoms with Gasteiger partial charge in [0.25, 0.3) is 0 Å². The first-order valence-electron chi connectivity index (χ1n) is 4.14. The first-order valence-corrected chi connectivity index (χ1v) is 4.14. The Kier molecular flexibility index (Phi) is 2.91. The Morgan fingerprint density at radius 1 is 1.36 bits per heavy atom. The van der Waals surface area contributed by atoms with Crippen LogP contribution in [-0.4, -0.2) is 22.2 Å². The Labute approximate surface area is 80.0 Å². The Balaban J connectivity index is 3.20. The fraction of sp³-hybridized carbons (Fsp3) is 0.333. The van der Waals surface area contributed by atoms with Crippen molar-refractivity contribution in [1.29, 1.82) is 0 Å². The molecule has 0 radical (unpaired) electrons. The summed E-state index contributed by atoms with van der Waals surface area (Å²) in [6.45, 7) is 1.87. The maximum Gasteiger partial charge on any atom is 0.372 e. The second kappa shape index (κ2) is 3.95. The normalized spacial score (nSPS) is 10.1. The van der Waals surface area contributed by atoms with E-state index >= 15 is 0 Å². The summed E-state index contributed by atoms with van der Waals surface area (Å²) in [5.41, 5.74) is 0.191. The summed E-state index contributed by atoms with van der Waals surface area (Å²) in [4.78, 5) is 21.3. The average Bonchev–Trinajstić information content (AvgIpc) is 2.48. The topological polar surface area (TPSA) is 87.7 Å². The summed E-state index contributed by atoms with van der Waals surface area (Å²) in [6.07, 6.45) is 2.42. The van der Waals surface area contributed by atoms with Crippen LogP contribution >= 0.6 is 0 Å². The van der Waals surface area contributed by atoms with Gasteiger partial charge in [-0.3, -0.25) is 0 Å². The average molecular weight is 198 g/mol. The fourth-order valence-electron chi connectivity index (χ4n) is 1.24. The molecule has 0 fully saturated rings. The van der Waals surface area contributed by atoms with Crippen LogP contribution in [0.5, 0.6) is 0 Å². The van der Waals surface area contributed by atoms with Crippen molar-refractivity contribution in [3.8, 4) is 0 Å². The lowest BCUT2D eigenvalue weighted by Crippen LogP contribution is -2.07. The van der Waals surface area contributed by atoms with Crippen molar-refractivity contribution in [2.75, 3.05) is 0 Å². The van der Waals surface area contributed by atoms with Crippen molar-refractivity contribution in [1.82, 2.24) is 0 Å². The van der Waals surface area contributed by atoms with Gasteiger partial charge in [0, 0.05) is 5.56 Å². The molecule has 0 spiro atoms. The van der Waals surface area contributed by atoms with Gasteiger partial charge in [-0.2, -0.15) is 0 Å². The van der Waals surface area contributed by atoms with E-state index in [0.29, 0.717) is 12.0 Å². The number of carboxylic acid groups (broad SMARTS) is 2. The number of hydrogen-bond donors (Lipinski definition) is 2. The van der Waals surface area contributed by atoms with Crippen LogP contribution in [0.25, 0.3) is 0 Å². The number of carboxylic acids is 2. The molecule has 1 aromatic rings. The number of rotatable bonds is 4. The largest absolute Gasteiger partial charge is 0.478 e. The Hall–Kier alpha value is -1.78. The zero-order valence-corrected chi connectivity index (χ0v) is 7.61. The minimum Gasteiger partial charge on any atom is -0.478 e. The molecule has 0 amide bonds. The number of carbonyl (C=O) groups is 2. The minimum absolute atomic E-state index is 0.237. The van der Waals surface area contributed by atoms with E-state index in [1.54, 1.807) is 0 Å². The van der Waals surface area contributed by atoms with Gasteiger partial charge in [0.2, 0.25) is 5.76 Å². The molecule has 76 valence electrons. The van der Waals surface area contributed by atoms with Gasteiger partial charge in [0.15, 0.2) is 0 Å². The number of furan rings is 1. The van der Waals surface area contributed by atoms with Crippen molar-refractivity contribution >= 4 is 11.9 Å². The van der Waals surface area contributed by atoms with Gasteiger partial charge in [-0.05, 0) is 6.42 Å². The third-order valence-electron chi connectivity index (χ3n) is 1.79. The smallest absolute Gasteiger partial charge is 0.372 e. The Bertz CT molecular complexity index is 363. The maximum atomic E-state index is 10.8. The summed E-state index contributed by atoms with van der Waals surface area (Å²) in [5, 5.41) is 17.4. The molecule has 0 atom stereocenters. The van der Waals surface area contributed by atoms with Crippen LogP contribution in [0.2, 0.25) is 0 Å². The summed E-state index contributed by atoms with van der Waals surface area (Å²) >= 11 is 0. The fourth-order valence-corrected chi connectivity index (χ4v) is 1.24. The predicted octanol–water partition coefficient (Wildman–Crippen LogP) is 1.63. The lowest BCUT2D eigenvalue weighted by molar-refractivity contribution is 0.0625. The molecule has 0 aliphatic carbocycles. The molecule has 2 N–H and O–H groups in total. The zero-order valence-electron chi connectivity index (χ0n) is 7.61. The molecule has 5 nitrogen and oxygen atoms in total. The molecule has 1 rings (SSSR count). The van der Waals surface area contributed by atoms with E-state index in [-0.39, 0.29) is 5.56 Å². The van der Waals surface area contributed by atoms with Crippen molar-refractivity contribution in [3.63, 3.8) is 0 Å². The molecular formula is C9H10O5. The second-order valence-electron chi connectivity index (χ2n) is 2.83. The molecule has 0 saturated carbocycles. The molecule has 14 heavy (non-hydrogen) atoms. The minimum atomic E-state index is -1.36. The number of aromatic carboxylic acids is 2. The van der Waals surface area contributed by atoms with Gasteiger partial charge in [0.1, 0.15) is 5.56 Å². The molecule has 0 aliphatic rings. The highest BCUT2D eigenvalue weighted by molar-refractivity contribution is 6.00. The lowest BCUT2D eigenvalue weighted by Gasteiger charge is -1.95. The highest BCUT2D eigenvalue weighted by atomic mass is 16.4. The van der Waals surface area contributed by atoms with E-state index in [9.17, 15) is 9.59 Å². The van der Waals surface area contributed by atoms with Crippen molar-refractivity contribution in [2.24, 2.45) is 0 Å². The molecule has 0 aromatic carbocycles. The van der Waals surface area contributed by atoms with Gasteiger partial charge >= 0.3 is 11.9 Å². The van der Waals surface area contributed by atoms with E-state index in [0.717, 1.165) is 6.42 Å². The molecule has 0 bridgehead atoms. The SMILES string of the molecule is CCCc1coc(C(=O)O)c1C(=O)O. The predicted molar refractivity (Wildman–Crippen MR) is 46.6 cm³/mol. The van der Waals surface area contributed by atoms with Gasteiger partial charge in [-0.1, -0.05) is 13.3 Å². The number of hydrogen-bond acceptors (Lipinski definition) is 3. The third-order valence-corrected chi connectivity index (χ3v) is 1.79. The Morgan fingerprint density at radius 2 is 2.00 bits per heavy atom. The molecule has 0 unspecified atom stereocenters. The van der Waals surface area contributed by atoms with Crippen LogP contribution in [0.4, 0.5) is 0 Å². The molecule has 1 heterocycles. The van der Waals surface area contributed by atoms with Crippen molar-refractivity contribution in [2.45, 2.75) is 19.8 Å². The van der Waals surface area contributed by atoms with Gasteiger partial charge in [0.05, 0.1) is 6.26 Å². The molecular weight excluding hydrogens is 188 g/mol. The highest BCUT2D eigenvalue weighted by Crippen LogP contribution is 2.19. The van der Waals surface area contributed by atoms with E-state index < -0.39 is 17.7 Å². The Morgan fingerprint density at radius 3 is 2.43 bits per heavy atom. The zero-order chi connectivity index (χ0) is 10.7. The lowest BCUT2D eigenvalue weighted by atomic mass is 10.1. The summed E-state index contributed by atoms with van der Waals surface area (Å²) < 4.78 is 4.69. The van der Waals surface area contributed by atoms with Crippen LogP contribution < -0.4 is 0 Å². The van der Waals surface area contributed by atoms with Crippen molar-refractivity contribution in [3.05, 3.63) is 23.2 Å². The molecule has 0 saturated heterocycles. The van der Waals surface area contributed by atoms with Crippen LogP contribution in [0, 0.1) is 0 Å². The third kappa shape index (κ3) is 1.76. The first-order chi connectivity index (χ1) is 6.57. The standard InChI is InChI=1S/C9H10O5/c1-2-3-5-4-14-7(9(12)13)6(5)8(10)11/h4H,2-3H2,1H3,(H,10,11)(H,12,13). The molecule has 5 heteroatoms. The monoisotopic (exact) mass is 198 g/mol. The summed E-state index contributed by atoms with van der Waals surface area (Å²) in [7, 11) is 0. The van der Waals surface area contributed by atoms with Crippen LogP contribution in [0.1, 0.15) is 39.8 Å². The van der Waals surface area contributed by atoms with Gasteiger partial charge < -0.3 is 14.6 Å². The van der Waals surface area contributed by atoms with Crippen molar-refractivity contribution < 1.29 is 24.2 Å². The van der Waals surface area contributed by atoms with E-state index in [1.807, 2.05) is 6.92 Å². The second-order valence-corrected chi connectivity index (χ2v) is 2.83. The van der Waals surface area contributed by atoms with Gasteiger partial charge in [-0.15, -0.1) is 0 Å². The van der Waals surface area contributed by atoms with Gasteiger partial charge in [-0.25, -0.2) is 9.59 Å². The van der Waals surface area contributed by atoms with Crippen LogP contribution in [0.3, 0.4) is 0 Å². The summed E-state index contributed by atoms with van der Waals surface area (Å²) in [6, 6.07) is 0. The van der Waals surface area contributed by atoms with E-state index in [4.69, 9.17) is 14.6 Å². The summed E-state index contributed by atoms with van der Waals surface area (Å²) in [5.74, 6) is -3.12. The van der Waals surface area contributed by atoms with E-state index in [1.165, 1.54) is 6.26 Å². The first kappa shape index (κ1) is 10.3. The maximum absolute atomic E-state index is 10.8. The molecule has 1 aromatic heterocycles. The highest BCUT2D eigenvalue weighted by Gasteiger charge is 2.24. The van der Waals surface area contributed by atoms with Crippen LogP contribution in [-0.2, 0) is 6.42 Å². The van der Waals surface area contributed by atoms with E-state index in [2.05, 4.69) is 0 Å². The molecule has 0 aliphatic heterocycles. The number of aryl methyl sites for hydroxylation is 1.